The summed E-state index contributed by atoms with van der Waals surface area (Å²) in [6.45, 7) is 3.06. The monoisotopic (exact) mass is 379 g/mol. The molecule has 27 heavy (non-hydrogen) atoms. The lowest BCUT2D eigenvalue weighted by Crippen LogP contribution is -2.28. The SMILES string of the molecule is CN/C(OC)=C(/C)C(=N)Cn1cc(C(=O)NCC(F)F)c2ncc(C)cc21. The molecule has 0 radical (unpaired) electrons. The number of carbonyl (C=O) groups is 1. The Hall–Kier alpha value is -2.97. The smallest absolute Gasteiger partial charge is 0.255 e. The molecule has 2 rings (SSSR count). The number of hydrogen-bond donors (Lipinski definition) is 3. The molecule has 0 aliphatic carbocycles. The fraction of sp³-hybridized carbons (Fsp3) is 0.389. The van der Waals surface area contributed by atoms with Crippen LogP contribution >= 0.6 is 0 Å². The molecule has 0 aromatic carbocycles. The summed E-state index contributed by atoms with van der Waals surface area (Å²) in [5, 5.41) is 13.4. The van der Waals surface area contributed by atoms with Crippen LogP contribution in [0.5, 0.6) is 0 Å². The number of rotatable bonds is 8. The lowest BCUT2D eigenvalue weighted by molar-refractivity contribution is 0.0893. The number of halogens is 2. The molecular formula is C18H23F2N5O2. The summed E-state index contributed by atoms with van der Waals surface area (Å²) in [4.78, 5) is 16.6. The summed E-state index contributed by atoms with van der Waals surface area (Å²) < 4.78 is 31.7. The summed E-state index contributed by atoms with van der Waals surface area (Å²) in [5.41, 5.74) is 3.03. The van der Waals surface area contributed by atoms with Gasteiger partial charge >= 0.3 is 0 Å². The number of alkyl halides is 2. The summed E-state index contributed by atoms with van der Waals surface area (Å²) in [6.07, 6.45) is 0.510. The van der Waals surface area contributed by atoms with Gasteiger partial charge in [0.2, 0.25) is 0 Å². The third kappa shape index (κ3) is 4.60. The van der Waals surface area contributed by atoms with E-state index in [9.17, 15) is 13.6 Å². The van der Waals surface area contributed by atoms with Gasteiger partial charge in [-0.2, -0.15) is 0 Å². The Morgan fingerprint density at radius 2 is 2.15 bits per heavy atom. The normalized spacial score (nSPS) is 12.1. The molecule has 0 saturated heterocycles. The highest BCUT2D eigenvalue weighted by molar-refractivity contribution is 6.06. The van der Waals surface area contributed by atoms with Gasteiger partial charge in [-0.15, -0.1) is 0 Å². The molecule has 2 aromatic rings. The Balaban J connectivity index is 2.42. The molecule has 146 valence electrons. The fourth-order valence-electron chi connectivity index (χ4n) is 2.70. The lowest BCUT2D eigenvalue weighted by atomic mass is 10.2. The fourth-order valence-corrected chi connectivity index (χ4v) is 2.70. The van der Waals surface area contributed by atoms with Gasteiger partial charge in [0.15, 0.2) is 5.88 Å². The predicted molar refractivity (Wildman–Crippen MR) is 99.3 cm³/mol. The summed E-state index contributed by atoms with van der Waals surface area (Å²) >= 11 is 0. The largest absolute Gasteiger partial charge is 0.482 e. The Labute approximate surface area is 155 Å². The minimum Gasteiger partial charge on any atom is -0.482 e. The van der Waals surface area contributed by atoms with Crippen LogP contribution in [0.4, 0.5) is 8.78 Å². The standard InChI is InChI=1S/C18H23F2N5O2/c1-10-5-14-16(23-6-10)12(17(26)24-7-15(19)20)8-25(14)9-13(21)11(2)18(22-3)27-4/h5-6,8,15,21-22H,7,9H2,1-4H3,(H,24,26)/b18-11+,21-13?. The van der Waals surface area contributed by atoms with Crippen molar-refractivity contribution in [1.29, 1.82) is 5.41 Å². The summed E-state index contributed by atoms with van der Waals surface area (Å²) in [6, 6.07) is 1.84. The molecule has 0 unspecified atom stereocenters. The van der Waals surface area contributed by atoms with Crippen molar-refractivity contribution in [2.75, 3.05) is 20.7 Å². The van der Waals surface area contributed by atoms with Crippen LogP contribution in [0.25, 0.3) is 11.0 Å². The number of aryl methyl sites for hydroxylation is 1. The average Bonchev–Trinajstić information content (AvgIpc) is 2.98. The maximum Gasteiger partial charge on any atom is 0.255 e. The average molecular weight is 379 g/mol. The van der Waals surface area contributed by atoms with E-state index in [1.165, 1.54) is 13.3 Å². The predicted octanol–water partition coefficient (Wildman–Crippen LogP) is 2.46. The van der Waals surface area contributed by atoms with E-state index in [0.717, 1.165) is 5.56 Å². The van der Waals surface area contributed by atoms with Crippen molar-refractivity contribution in [2.24, 2.45) is 0 Å². The number of hydrogen-bond acceptors (Lipinski definition) is 5. The van der Waals surface area contributed by atoms with E-state index < -0.39 is 18.9 Å². The van der Waals surface area contributed by atoms with Crippen molar-refractivity contribution < 1.29 is 18.3 Å². The quantitative estimate of drug-likeness (QED) is 0.485. The number of fused-ring (bicyclic) bond motifs is 1. The van der Waals surface area contributed by atoms with Crippen molar-refractivity contribution in [3.63, 3.8) is 0 Å². The molecule has 3 N–H and O–H groups in total. The zero-order chi connectivity index (χ0) is 20.1. The van der Waals surface area contributed by atoms with Crippen molar-refractivity contribution >= 4 is 22.7 Å². The van der Waals surface area contributed by atoms with E-state index in [0.29, 0.717) is 22.5 Å². The van der Waals surface area contributed by atoms with Gasteiger partial charge < -0.3 is 25.3 Å². The molecule has 2 aromatic heterocycles. The zero-order valence-corrected chi connectivity index (χ0v) is 15.7. The summed E-state index contributed by atoms with van der Waals surface area (Å²) in [5.74, 6) is -0.150. The molecule has 7 nitrogen and oxygen atoms in total. The zero-order valence-electron chi connectivity index (χ0n) is 15.7. The van der Waals surface area contributed by atoms with Gasteiger partial charge in [0.25, 0.3) is 12.3 Å². The Morgan fingerprint density at radius 3 is 2.74 bits per heavy atom. The van der Waals surface area contributed by atoms with Crippen LogP contribution in [0.3, 0.4) is 0 Å². The topological polar surface area (TPSA) is 92.0 Å². The minimum absolute atomic E-state index is 0.171. The van der Waals surface area contributed by atoms with Crippen LogP contribution < -0.4 is 10.6 Å². The second-order valence-electron chi connectivity index (χ2n) is 6.04. The molecule has 0 fully saturated rings. The highest BCUT2D eigenvalue weighted by Gasteiger charge is 2.19. The van der Waals surface area contributed by atoms with Gasteiger partial charge in [0.05, 0.1) is 37.0 Å². The van der Waals surface area contributed by atoms with Gasteiger partial charge in [-0.1, -0.05) is 0 Å². The van der Waals surface area contributed by atoms with Gasteiger partial charge in [0, 0.05) is 25.0 Å². The minimum atomic E-state index is -2.63. The first-order chi connectivity index (χ1) is 12.8. The lowest BCUT2D eigenvalue weighted by Gasteiger charge is -2.12. The highest BCUT2D eigenvalue weighted by atomic mass is 19.3. The molecule has 0 bridgehead atoms. The van der Waals surface area contributed by atoms with Gasteiger partial charge in [-0.05, 0) is 25.5 Å². The Kier molecular flexibility index (Phi) is 6.49. The number of pyridine rings is 1. The van der Waals surface area contributed by atoms with E-state index in [1.807, 2.05) is 13.0 Å². The Bertz CT molecular complexity index is 883. The van der Waals surface area contributed by atoms with Gasteiger partial charge in [-0.3, -0.25) is 9.78 Å². The molecule has 1 amide bonds. The van der Waals surface area contributed by atoms with E-state index in [1.54, 1.807) is 24.7 Å². The molecule has 0 aliphatic rings. The third-order valence-corrected chi connectivity index (χ3v) is 4.07. The molecule has 0 aliphatic heterocycles. The van der Waals surface area contributed by atoms with Crippen molar-refractivity contribution in [3.8, 4) is 0 Å². The van der Waals surface area contributed by atoms with Crippen LogP contribution in [-0.2, 0) is 11.3 Å². The van der Waals surface area contributed by atoms with Crippen molar-refractivity contribution in [1.82, 2.24) is 20.2 Å². The first-order valence-electron chi connectivity index (χ1n) is 8.30. The number of carbonyl (C=O) groups excluding carboxylic acids is 1. The number of nitrogens with zero attached hydrogens (tertiary/aromatic N) is 2. The molecule has 9 heteroatoms. The highest BCUT2D eigenvalue weighted by Crippen LogP contribution is 2.21. The molecule has 0 spiro atoms. The summed E-state index contributed by atoms with van der Waals surface area (Å²) in [7, 11) is 3.20. The number of methoxy groups -OCH3 is 1. The number of allylic oxidation sites excluding steroid dienone is 1. The van der Waals surface area contributed by atoms with E-state index >= 15 is 0 Å². The second kappa shape index (κ2) is 8.61. The van der Waals surface area contributed by atoms with Crippen molar-refractivity contribution in [3.05, 3.63) is 41.0 Å². The van der Waals surface area contributed by atoms with Crippen LogP contribution in [0.1, 0.15) is 22.8 Å². The van der Waals surface area contributed by atoms with Crippen LogP contribution in [-0.4, -0.2) is 48.3 Å². The van der Waals surface area contributed by atoms with E-state index in [-0.39, 0.29) is 17.8 Å². The van der Waals surface area contributed by atoms with Crippen LogP contribution in [0.2, 0.25) is 0 Å². The maximum absolute atomic E-state index is 12.4. The van der Waals surface area contributed by atoms with Gasteiger partial charge in [-0.25, -0.2) is 8.78 Å². The Morgan fingerprint density at radius 1 is 1.44 bits per heavy atom. The van der Waals surface area contributed by atoms with E-state index in [4.69, 9.17) is 10.1 Å². The second-order valence-corrected chi connectivity index (χ2v) is 6.04. The first-order valence-corrected chi connectivity index (χ1v) is 8.30. The van der Waals surface area contributed by atoms with Crippen LogP contribution in [0, 0.1) is 12.3 Å². The van der Waals surface area contributed by atoms with E-state index in [2.05, 4.69) is 15.6 Å². The molecular weight excluding hydrogens is 356 g/mol. The first kappa shape index (κ1) is 20.3. The molecule has 0 saturated carbocycles. The molecule has 2 heterocycles. The van der Waals surface area contributed by atoms with Crippen molar-refractivity contribution in [2.45, 2.75) is 26.8 Å². The van der Waals surface area contributed by atoms with Gasteiger partial charge in [0.1, 0.15) is 5.52 Å². The number of ether oxygens (including phenoxy) is 1. The van der Waals surface area contributed by atoms with Crippen LogP contribution in [0.15, 0.2) is 29.9 Å². The number of amides is 1. The molecule has 0 atom stereocenters. The third-order valence-electron chi connectivity index (χ3n) is 4.07. The maximum atomic E-state index is 12.4. The number of nitrogens with one attached hydrogen (secondary N) is 3. The number of aromatic nitrogens is 2.